The number of aromatic nitrogens is 1. The summed E-state index contributed by atoms with van der Waals surface area (Å²) in [5.74, 6) is 0.0415. The molecule has 0 spiro atoms. The van der Waals surface area contributed by atoms with E-state index in [0.29, 0.717) is 0 Å². The van der Waals surface area contributed by atoms with Crippen LogP contribution in [0.5, 0.6) is 0 Å². The molecule has 2 heteroatoms. The van der Waals surface area contributed by atoms with Crippen LogP contribution in [0.1, 0.15) is 11.1 Å². The van der Waals surface area contributed by atoms with Crippen LogP contribution in [0.2, 0.25) is 0 Å². The Bertz CT molecular complexity index is 411. The average Bonchev–Trinajstić information content (AvgIpc) is 2.40. The predicted octanol–water partition coefficient (Wildman–Crippen LogP) is 2.68. The standard InChI is InChI=1S/C15H15NO/c17-12-15(10-13-4-2-1-3-5-13)11-14-6-8-16-9-7-14/h1-9,12,15H,10-11H2. The lowest BCUT2D eigenvalue weighted by Gasteiger charge is -2.10. The predicted molar refractivity (Wildman–Crippen MR) is 67.6 cm³/mol. The van der Waals surface area contributed by atoms with E-state index in [9.17, 15) is 4.79 Å². The van der Waals surface area contributed by atoms with Crippen LogP contribution in [0.25, 0.3) is 0 Å². The molecule has 0 aliphatic heterocycles. The van der Waals surface area contributed by atoms with E-state index in [1.54, 1.807) is 12.4 Å². The van der Waals surface area contributed by atoms with Gasteiger partial charge in [0.2, 0.25) is 0 Å². The summed E-state index contributed by atoms with van der Waals surface area (Å²) in [6.45, 7) is 0. The lowest BCUT2D eigenvalue weighted by molar-refractivity contribution is -0.111. The van der Waals surface area contributed by atoms with Gasteiger partial charge in [0, 0.05) is 18.3 Å². The van der Waals surface area contributed by atoms with Crippen molar-refractivity contribution in [3.05, 3.63) is 66.0 Å². The summed E-state index contributed by atoms with van der Waals surface area (Å²) in [6.07, 6.45) is 6.15. The second-order valence-electron chi connectivity index (χ2n) is 4.15. The van der Waals surface area contributed by atoms with Crippen LogP contribution >= 0.6 is 0 Å². The van der Waals surface area contributed by atoms with Crippen molar-refractivity contribution in [2.45, 2.75) is 12.8 Å². The molecular weight excluding hydrogens is 210 g/mol. The van der Waals surface area contributed by atoms with Crippen molar-refractivity contribution in [2.75, 3.05) is 0 Å². The molecule has 0 saturated carbocycles. The molecule has 86 valence electrons. The van der Waals surface area contributed by atoms with Gasteiger partial charge in [-0.2, -0.15) is 0 Å². The SMILES string of the molecule is O=CC(Cc1ccccc1)Cc1ccncc1. The lowest BCUT2D eigenvalue weighted by Crippen LogP contribution is -2.09. The van der Waals surface area contributed by atoms with Gasteiger partial charge < -0.3 is 4.79 Å². The van der Waals surface area contributed by atoms with Gasteiger partial charge in [-0.3, -0.25) is 4.98 Å². The van der Waals surface area contributed by atoms with E-state index >= 15 is 0 Å². The zero-order chi connectivity index (χ0) is 11.9. The maximum atomic E-state index is 11.1. The zero-order valence-electron chi connectivity index (χ0n) is 9.62. The number of benzene rings is 1. The molecule has 1 heterocycles. The average molecular weight is 225 g/mol. The monoisotopic (exact) mass is 225 g/mol. The van der Waals surface area contributed by atoms with E-state index in [4.69, 9.17) is 0 Å². The molecule has 1 atom stereocenters. The molecule has 0 fully saturated rings. The molecule has 2 nitrogen and oxygen atoms in total. The number of hydrogen-bond acceptors (Lipinski definition) is 2. The molecule has 0 aliphatic carbocycles. The number of carbonyl (C=O) groups is 1. The maximum absolute atomic E-state index is 11.1. The van der Waals surface area contributed by atoms with Gasteiger partial charge in [0.05, 0.1) is 0 Å². The van der Waals surface area contributed by atoms with E-state index in [1.165, 1.54) is 5.56 Å². The lowest BCUT2D eigenvalue weighted by atomic mass is 9.94. The first-order valence-corrected chi connectivity index (χ1v) is 5.76. The van der Waals surface area contributed by atoms with Crippen LogP contribution in [0.15, 0.2) is 54.9 Å². The molecule has 0 N–H and O–H groups in total. The summed E-state index contributed by atoms with van der Waals surface area (Å²) < 4.78 is 0. The highest BCUT2D eigenvalue weighted by atomic mass is 16.1. The number of hydrogen-bond donors (Lipinski definition) is 0. The molecule has 1 unspecified atom stereocenters. The number of aldehydes is 1. The molecule has 2 aromatic rings. The minimum absolute atomic E-state index is 0.0415. The highest BCUT2D eigenvalue weighted by Crippen LogP contribution is 2.12. The molecule has 0 bridgehead atoms. The normalized spacial score (nSPS) is 12.0. The fraction of sp³-hybridized carbons (Fsp3) is 0.200. The Morgan fingerprint density at radius 2 is 1.53 bits per heavy atom. The third-order valence-corrected chi connectivity index (χ3v) is 2.78. The Hall–Kier alpha value is -1.96. The second kappa shape index (κ2) is 5.94. The van der Waals surface area contributed by atoms with Crippen LogP contribution in [0, 0.1) is 5.92 Å². The van der Waals surface area contributed by atoms with Gasteiger partial charge in [-0.25, -0.2) is 0 Å². The number of carbonyl (C=O) groups excluding carboxylic acids is 1. The molecule has 0 saturated heterocycles. The van der Waals surface area contributed by atoms with Crippen molar-refractivity contribution in [3.8, 4) is 0 Å². The van der Waals surface area contributed by atoms with Gasteiger partial charge in [0.25, 0.3) is 0 Å². The van der Waals surface area contributed by atoms with Crippen molar-refractivity contribution in [1.82, 2.24) is 4.98 Å². The summed E-state index contributed by atoms with van der Waals surface area (Å²) >= 11 is 0. The molecular formula is C15H15NO. The van der Waals surface area contributed by atoms with E-state index in [2.05, 4.69) is 17.1 Å². The van der Waals surface area contributed by atoms with Gasteiger partial charge >= 0.3 is 0 Å². The summed E-state index contributed by atoms with van der Waals surface area (Å²) in [7, 11) is 0. The highest BCUT2D eigenvalue weighted by Gasteiger charge is 2.09. The van der Waals surface area contributed by atoms with Crippen molar-refractivity contribution in [2.24, 2.45) is 5.92 Å². The van der Waals surface area contributed by atoms with E-state index in [0.717, 1.165) is 24.7 Å². The molecule has 0 amide bonds. The summed E-state index contributed by atoms with van der Waals surface area (Å²) in [4.78, 5) is 15.1. The number of nitrogens with zero attached hydrogens (tertiary/aromatic N) is 1. The second-order valence-corrected chi connectivity index (χ2v) is 4.15. The van der Waals surface area contributed by atoms with Crippen molar-refractivity contribution in [3.63, 3.8) is 0 Å². The third-order valence-electron chi connectivity index (χ3n) is 2.78. The minimum Gasteiger partial charge on any atom is -0.303 e. The van der Waals surface area contributed by atoms with E-state index < -0.39 is 0 Å². The molecule has 1 aromatic carbocycles. The van der Waals surface area contributed by atoms with E-state index in [-0.39, 0.29) is 5.92 Å². The van der Waals surface area contributed by atoms with Gasteiger partial charge in [0.15, 0.2) is 0 Å². The Kier molecular flexibility index (Phi) is 4.03. The van der Waals surface area contributed by atoms with Crippen LogP contribution in [-0.4, -0.2) is 11.3 Å². The molecule has 0 radical (unpaired) electrons. The van der Waals surface area contributed by atoms with Crippen LogP contribution < -0.4 is 0 Å². The first-order chi connectivity index (χ1) is 8.38. The van der Waals surface area contributed by atoms with Crippen molar-refractivity contribution in [1.29, 1.82) is 0 Å². The Balaban J connectivity index is 2.01. The Morgan fingerprint density at radius 3 is 2.12 bits per heavy atom. The number of pyridine rings is 1. The summed E-state index contributed by atoms with van der Waals surface area (Å²) in [6, 6.07) is 14.0. The van der Waals surface area contributed by atoms with Gasteiger partial charge in [-0.05, 0) is 36.1 Å². The topological polar surface area (TPSA) is 30.0 Å². The minimum atomic E-state index is 0.0415. The molecule has 2 rings (SSSR count). The largest absolute Gasteiger partial charge is 0.303 e. The van der Waals surface area contributed by atoms with E-state index in [1.807, 2.05) is 30.3 Å². The van der Waals surface area contributed by atoms with Crippen LogP contribution in [-0.2, 0) is 17.6 Å². The maximum Gasteiger partial charge on any atom is 0.123 e. The first-order valence-electron chi connectivity index (χ1n) is 5.76. The summed E-state index contributed by atoms with van der Waals surface area (Å²) in [5.41, 5.74) is 2.37. The Labute approximate surface area is 101 Å². The van der Waals surface area contributed by atoms with Gasteiger partial charge in [-0.15, -0.1) is 0 Å². The van der Waals surface area contributed by atoms with Crippen molar-refractivity contribution < 1.29 is 4.79 Å². The first kappa shape index (κ1) is 11.5. The molecule has 17 heavy (non-hydrogen) atoms. The van der Waals surface area contributed by atoms with Gasteiger partial charge in [0.1, 0.15) is 6.29 Å². The fourth-order valence-electron chi connectivity index (χ4n) is 1.91. The van der Waals surface area contributed by atoms with Crippen LogP contribution in [0.4, 0.5) is 0 Å². The Morgan fingerprint density at radius 1 is 0.941 bits per heavy atom. The third kappa shape index (κ3) is 3.52. The quantitative estimate of drug-likeness (QED) is 0.732. The molecule has 1 aromatic heterocycles. The van der Waals surface area contributed by atoms with Crippen molar-refractivity contribution >= 4 is 6.29 Å². The van der Waals surface area contributed by atoms with Crippen LogP contribution in [0.3, 0.4) is 0 Å². The smallest absolute Gasteiger partial charge is 0.123 e. The fourth-order valence-corrected chi connectivity index (χ4v) is 1.91. The zero-order valence-corrected chi connectivity index (χ0v) is 9.62. The molecule has 0 aliphatic rings. The highest BCUT2D eigenvalue weighted by molar-refractivity contribution is 5.55. The summed E-state index contributed by atoms with van der Waals surface area (Å²) in [5, 5.41) is 0. The van der Waals surface area contributed by atoms with Gasteiger partial charge in [-0.1, -0.05) is 30.3 Å². The number of rotatable bonds is 5.